The van der Waals surface area contributed by atoms with Crippen molar-refractivity contribution >= 4 is 27.3 Å². The number of halogens is 1. The summed E-state index contributed by atoms with van der Waals surface area (Å²) in [6, 6.07) is 1.96. The van der Waals surface area contributed by atoms with Gasteiger partial charge in [-0.15, -0.1) is 11.3 Å². The lowest BCUT2D eigenvalue weighted by Gasteiger charge is -2.05. The van der Waals surface area contributed by atoms with Crippen LogP contribution in [0.5, 0.6) is 0 Å². The average molecular weight is 284 g/mol. The van der Waals surface area contributed by atoms with Crippen LogP contribution in [0.1, 0.15) is 10.6 Å². The third-order valence-corrected chi connectivity index (χ3v) is 3.66. The highest BCUT2D eigenvalue weighted by Gasteiger charge is 2.07. The van der Waals surface area contributed by atoms with Crippen molar-refractivity contribution in [2.75, 3.05) is 0 Å². The Hall–Kier alpha value is -0.940. The predicted molar refractivity (Wildman–Crippen MR) is 64.5 cm³/mol. The zero-order valence-electron chi connectivity index (χ0n) is 8.41. The molecule has 0 fully saturated rings. The van der Waals surface area contributed by atoms with Gasteiger partial charge in [0.1, 0.15) is 0 Å². The molecule has 3 nitrogen and oxygen atoms in total. The van der Waals surface area contributed by atoms with E-state index in [1.54, 1.807) is 12.4 Å². The fraction of sp³-hybridized carbons (Fsp3) is 0.200. The Morgan fingerprint density at radius 1 is 1.40 bits per heavy atom. The van der Waals surface area contributed by atoms with E-state index in [1.807, 2.05) is 24.5 Å². The fourth-order valence-corrected chi connectivity index (χ4v) is 2.62. The molecule has 2 heterocycles. The molecule has 0 unspecified atom stereocenters. The van der Waals surface area contributed by atoms with Crippen LogP contribution in [0, 0.1) is 19.3 Å². The lowest BCUT2D eigenvalue weighted by atomic mass is 10.3. The van der Waals surface area contributed by atoms with Crippen molar-refractivity contribution in [3.8, 4) is 5.69 Å². The highest BCUT2D eigenvalue weighted by atomic mass is 79.9. The second-order valence-corrected chi connectivity index (χ2v) is 5.36. The number of thiazole rings is 1. The number of aryl methyl sites for hydroxylation is 1. The van der Waals surface area contributed by atoms with Gasteiger partial charge in [0, 0.05) is 21.2 Å². The lowest BCUT2D eigenvalue weighted by molar-refractivity contribution is 0.919. The normalized spacial score (nSPS) is 10.6. The van der Waals surface area contributed by atoms with Crippen molar-refractivity contribution in [3.05, 3.63) is 38.3 Å². The molecule has 2 aromatic rings. The molecule has 2 rings (SSSR count). The topological polar surface area (TPSA) is 41.7 Å². The molecule has 78 valence electrons. The molecule has 2 aromatic heterocycles. The monoisotopic (exact) mass is 283 g/mol. The minimum absolute atomic E-state index is 0.532. The van der Waals surface area contributed by atoms with Gasteiger partial charge in [-0.1, -0.05) is 0 Å². The quantitative estimate of drug-likeness (QED) is 0.859. The van der Waals surface area contributed by atoms with E-state index < -0.39 is 0 Å². The molecule has 15 heavy (non-hydrogen) atoms. The van der Waals surface area contributed by atoms with Crippen LogP contribution in [0.3, 0.4) is 0 Å². The SMILES string of the molecule is Cc1sc(=N)n(-c2cncc(Br)c2)c1C. The summed E-state index contributed by atoms with van der Waals surface area (Å²) in [7, 11) is 0. The van der Waals surface area contributed by atoms with Crippen molar-refractivity contribution < 1.29 is 0 Å². The summed E-state index contributed by atoms with van der Waals surface area (Å²) < 4.78 is 2.83. The molecular weight excluding hydrogens is 274 g/mol. The molecular formula is C10H10BrN3S. The van der Waals surface area contributed by atoms with Gasteiger partial charge >= 0.3 is 0 Å². The second-order valence-electron chi connectivity index (χ2n) is 3.25. The number of nitrogens with one attached hydrogen (secondary N) is 1. The first-order valence-electron chi connectivity index (χ1n) is 4.44. The number of hydrogen-bond acceptors (Lipinski definition) is 3. The standard InChI is InChI=1S/C10H10BrN3S/c1-6-7(2)15-10(12)14(6)9-3-8(11)4-13-5-9/h3-5,12H,1-2H3. The molecule has 0 radical (unpaired) electrons. The average Bonchev–Trinajstić information content (AvgIpc) is 2.41. The summed E-state index contributed by atoms with van der Waals surface area (Å²) in [5.74, 6) is 0. The molecule has 0 spiro atoms. The lowest BCUT2D eigenvalue weighted by Crippen LogP contribution is -2.12. The Labute approximate surface area is 100 Å². The molecule has 0 aromatic carbocycles. The summed E-state index contributed by atoms with van der Waals surface area (Å²) >= 11 is 4.86. The number of nitrogens with zero attached hydrogens (tertiary/aromatic N) is 2. The number of hydrogen-bond donors (Lipinski definition) is 1. The molecule has 0 saturated carbocycles. The van der Waals surface area contributed by atoms with E-state index in [0.29, 0.717) is 4.80 Å². The Morgan fingerprint density at radius 3 is 2.67 bits per heavy atom. The predicted octanol–water partition coefficient (Wildman–Crippen LogP) is 2.79. The Morgan fingerprint density at radius 2 is 2.13 bits per heavy atom. The van der Waals surface area contributed by atoms with Gasteiger partial charge in [0.05, 0.1) is 11.9 Å². The maximum absolute atomic E-state index is 7.88. The third kappa shape index (κ3) is 1.89. The van der Waals surface area contributed by atoms with Gasteiger partial charge in [-0.2, -0.15) is 0 Å². The maximum Gasteiger partial charge on any atom is 0.187 e. The first-order valence-corrected chi connectivity index (χ1v) is 6.05. The van der Waals surface area contributed by atoms with Crippen LogP contribution in [0.25, 0.3) is 5.69 Å². The third-order valence-electron chi connectivity index (χ3n) is 2.25. The van der Waals surface area contributed by atoms with Crippen molar-refractivity contribution in [1.29, 1.82) is 5.41 Å². The van der Waals surface area contributed by atoms with Crippen molar-refractivity contribution in [1.82, 2.24) is 9.55 Å². The Kier molecular flexibility index (Phi) is 2.75. The Bertz CT molecular complexity index is 556. The van der Waals surface area contributed by atoms with Crippen LogP contribution in [0.2, 0.25) is 0 Å². The van der Waals surface area contributed by atoms with E-state index in [4.69, 9.17) is 5.41 Å². The highest BCUT2D eigenvalue weighted by molar-refractivity contribution is 9.10. The zero-order chi connectivity index (χ0) is 11.0. The first-order chi connectivity index (χ1) is 7.09. The number of rotatable bonds is 1. The van der Waals surface area contributed by atoms with Crippen molar-refractivity contribution in [3.63, 3.8) is 0 Å². The van der Waals surface area contributed by atoms with E-state index >= 15 is 0 Å². The molecule has 0 amide bonds. The summed E-state index contributed by atoms with van der Waals surface area (Å²) in [5, 5.41) is 7.88. The minimum Gasteiger partial charge on any atom is -0.288 e. The number of aromatic nitrogens is 2. The van der Waals surface area contributed by atoms with Crippen LogP contribution in [-0.2, 0) is 0 Å². The molecule has 0 saturated heterocycles. The van der Waals surface area contributed by atoms with E-state index in [9.17, 15) is 0 Å². The largest absolute Gasteiger partial charge is 0.288 e. The summed E-state index contributed by atoms with van der Waals surface area (Å²) in [6.07, 6.45) is 3.50. The van der Waals surface area contributed by atoms with Crippen LogP contribution in [0.15, 0.2) is 22.9 Å². The van der Waals surface area contributed by atoms with Gasteiger partial charge in [0.15, 0.2) is 4.80 Å². The van der Waals surface area contributed by atoms with Crippen LogP contribution in [0.4, 0.5) is 0 Å². The molecule has 0 atom stereocenters. The maximum atomic E-state index is 7.88. The molecule has 0 aliphatic rings. The van der Waals surface area contributed by atoms with Crippen molar-refractivity contribution in [2.24, 2.45) is 0 Å². The highest BCUT2D eigenvalue weighted by Crippen LogP contribution is 2.17. The van der Waals surface area contributed by atoms with Crippen LogP contribution >= 0.6 is 27.3 Å². The van der Waals surface area contributed by atoms with Gasteiger partial charge in [-0.3, -0.25) is 15.0 Å². The first kappa shape index (κ1) is 10.6. The summed E-state index contributed by atoms with van der Waals surface area (Å²) in [5.41, 5.74) is 2.03. The van der Waals surface area contributed by atoms with Crippen LogP contribution in [-0.4, -0.2) is 9.55 Å². The van der Waals surface area contributed by atoms with Gasteiger partial charge in [0.25, 0.3) is 0 Å². The zero-order valence-corrected chi connectivity index (χ0v) is 10.8. The van der Waals surface area contributed by atoms with E-state index in [2.05, 4.69) is 20.9 Å². The van der Waals surface area contributed by atoms with Crippen molar-refractivity contribution in [2.45, 2.75) is 13.8 Å². The Balaban J connectivity index is 2.69. The van der Waals surface area contributed by atoms with Gasteiger partial charge in [-0.25, -0.2) is 0 Å². The second kappa shape index (κ2) is 3.90. The van der Waals surface area contributed by atoms with Gasteiger partial charge in [-0.05, 0) is 35.8 Å². The molecule has 0 bridgehead atoms. The van der Waals surface area contributed by atoms with Gasteiger partial charge < -0.3 is 0 Å². The summed E-state index contributed by atoms with van der Waals surface area (Å²) in [6.45, 7) is 4.05. The van der Waals surface area contributed by atoms with Gasteiger partial charge in [0.2, 0.25) is 0 Å². The van der Waals surface area contributed by atoms with E-state index in [1.165, 1.54) is 16.2 Å². The molecule has 5 heteroatoms. The summed E-state index contributed by atoms with van der Waals surface area (Å²) in [4.78, 5) is 5.80. The smallest absolute Gasteiger partial charge is 0.187 e. The molecule has 1 N–H and O–H groups in total. The van der Waals surface area contributed by atoms with Crippen LogP contribution < -0.4 is 4.80 Å². The number of pyridine rings is 1. The fourth-order valence-electron chi connectivity index (χ4n) is 1.41. The van der Waals surface area contributed by atoms with E-state index in [0.717, 1.165) is 15.9 Å². The molecule has 0 aliphatic heterocycles. The van der Waals surface area contributed by atoms with E-state index in [-0.39, 0.29) is 0 Å². The minimum atomic E-state index is 0.532. The molecule has 0 aliphatic carbocycles.